The van der Waals surface area contributed by atoms with Crippen LogP contribution in [0.15, 0.2) is 36.4 Å². The molecule has 2 aromatic rings. The monoisotopic (exact) mass is 431 g/mol. The standard InChI is InChI=1S/C22H20F3N3O3/c23-15-5-6-16(19(25)18(15)24)26-21(29)27-9-7-13(8-10-27)28-20-14-4-2-1-3-12(14)11-17(20)31-22(28)30/h1-6,13,17,20H,7-11H2,(H,26,29)/t17-,20+/m0/s1. The fourth-order valence-corrected chi connectivity index (χ4v) is 4.82. The first-order chi connectivity index (χ1) is 14.9. The molecule has 162 valence electrons. The summed E-state index contributed by atoms with van der Waals surface area (Å²) >= 11 is 0. The fourth-order valence-electron chi connectivity index (χ4n) is 4.82. The number of carbonyl (C=O) groups excluding carboxylic acids is 2. The number of amides is 3. The number of halogens is 3. The van der Waals surface area contributed by atoms with E-state index in [0.717, 1.165) is 17.7 Å². The van der Waals surface area contributed by atoms with Crippen molar-refractivity contribution in [1.82, 2.24) is 9.80 Å². The molecule has 1 aliphatic carbocycles. The number of urea groups is 1. The molecule has 3 amide bonds. The van der Waals surface area contributed by atoms with Crippen LogP contribution in [0.25, 0.3) is 0 Å². The molecule has 6 nitrogen and oxygen atoms in total. The minimum absolute atomic E-state index is 0.0855. The zero-order valence-corrected chi connectivity index (χ0v) is 16.5. The number of anilines is 1. The Bertz CT molecular complexity index is 1060. The molecule has 2 aromatic carbocycles. The highest BCUT2D eigenvalue weighted by Gasteiger charge is 2.50. The molecular formula is C22H20F3N3O3. The van der Waals surface area contributed by atoms with Gasteiger partial charge in [0.15, 0.2) is 17.5 Å². The van der Waals surface area contributed by atoms with Crippen molar-refractivity contribution in [3.63, 3.8) is 0 Å². The average Bonchev–Trinajstić information content (AvgIpc) is 3.28. The molecular weight excluding hydrogens is 411 g/mol. The van der Waals surface area contributed by atoms with E-state index in [9.17, 15) is 22.8 Å². The number of piperidine rings is 1. The first-order valence-corrected chi connectivity index (χ1v) is 10.2. The topological polar surface area (TPSA) is 61.9 Å². The van der Waals surface area contributed by atoms with Gasteiger partial charge in [-0.15, -0.1) is 0 Å². The van der Waals surface area contributed by atoms with Crippen LogP contribution in [0, 0.1) is 17.5 Å². The highest BCUT2D eigenvalue weighted by molar-refractivity contribution is 5.89. The summed E-state index contributed by atoms with van der Waals surface area (Å²) in [5.74, 6) is -4.38. The number of fused-ring (bicyclic) bond motifs is 3. The molecule has 0 aromatic heterocycles. The number of hydrogen-bond donors (Lipinski definition) is 1. The lowest BCUT2D eigenvalue weighted by Crippen LogP contribution is -2.48. The maximum absolute atomic E-state index is 13.8. The van der Waals surface area contributed by atoms with E-state index in [1.54, 1.807) is 4.90 Å². The summed E-state index contributed by atoms with van der Waals surface area (Å²) < 4.78 is 45.9. The summed E-state index contributed by atoms with van der Waals surface area (Å²) in [6.45, 7) is 0.676. The number of carbonyl (C=O) groups is 2. The minimum Gasteiger partial charge on any atom is -0.443 e. The lowest BCUT2D eigenvalue weighted by Gasteiger charge is -2.37. The van der Waals surface area contributed by atoms with Gasteiger partial charge in [0.2, 0.25) is 0 Å². The van der Waals surface area contributed by atoms with Gasteiger partial charge < -0.3 is 15.0 Å². The van der Waals surface area contributed by atoms with E-state index >= 15 is 0 Å². The van der Waals surface area contributed by atoms with Gasteiger partial charge >= 0.3 is 12.1 Å². The number of rotatable bonds is 2. The Balaban J connectivity index is 1.25. The number of nitrogens with zero attached hydrogens (tertiary/aromatic N) is 2. The normalized spacial score (nSPS) is 22.9. The van der Waals surface area contributed by atoms with E-state index in [-0.39, 0.29) is 24.3 Å². The third-order valence-corrected chi connectivity index (χ3v) is 6.33. The van der Waals surface area contributed by atoms with Gasteiger partial charge in [-0.2, -0.15) is 0 Å². The molecule has 2 saturated heterocycles. The molecule has 9 heteroatoms. The predicted octanol–water partition coefficient (Wildman–Crippen LogP) is 4.22. The Morgan fingerprint density at radius 3 is 2.55 bits per heavy atom. The van der Waals surface area contributed by atoms with E-state index in [4.69, 9.17) is 4.74 Å². The lowest BCUT2D eigenvalue weighted by molar-refractivity contribution is 0.113. The molecule has 0 unspecified atom stereocenters. The van der Waals surface area contributed by atoms with Gasteiger partial charge in [0.05, 0.1) is 11.7 Å². The first kappa shape index (κ1) is 19.7. The van der Waals surface area contributed by atoms with Crippen LogP contribution in [-0.4, -0.2) is 47.2 Å². The second-order valence-corrected chi connectivity index (χ2v) is 8.05. The largest absolute Gasteiger partial charge is 0.443 e. The van der Waals surface area contributed by atoms with Crippen molar-refractivity contribution in [2.24, 2.45) is 0 Å². The highest BCUT2D eigenvalue weighted by atomic mass is 19.2. The Labute approximate surface area is 176 Å². The molecule has 3 aliphatic rings. The Hall–Kier alpha value is -3.23. The SMILES string of the molecule is O=C(Nc1ccc(F)c(F)c1F)N1CCC(N2C(=O)O[C@H]3Cc4ccccc4[C@H]32)CC1. The van der Waals surface area contributed by atoms with Crippen LogP contribution in [0.1, 0.15) is 30.0 Å². The fraction of sp³-hybridized carbons (Fsp3) is 0.364. The van der Waals surface area contributed by atoms with Crippen LogP contribution in [0.4, 0.5) is 28.4 Å². The number of ether oxygens (including phenoxy) is 1. The summed E-state index contributed by atoms with van der Waals surface area (Å²) in [4.78, 5) is 28.3. The number of hydrogen-bond acceptors (Lipinski definition) is 3. The van der Waals surface area contributed by atoms with E-state index in [2.05, 4.69) is 5.32 Å². The highest BCUT2D eigenvalue weighted by Crippen LogP contribution is 2.44. The molecule has 0 spiro atoms. The minimum atomic E-state index is -1.63. The molecule has 31 heavy (non-hydrogen) atoms. The summed E-state index contributed by atoms with van der Waals surface area (Å²) in [7, 11) is 0. The zero-order valence-electron chi connectivity index (χ0n) is 16.5. The van der Waals surface area contributed by atoms with Crippen LogP contribution < -0.4 is 5.32 Å². The average molecular weight is 431 g/mol. The van der Waals surface area contributed by atoms with Gasteiger partial charge in [-0.1, -0.05) is 24.3 Å². The van der Waals surface area contributed by atoms with Crippen molar-refractivity contribution in [2.75, 3.05) is 18.4 Å². The number of likely N-dealkylation sites (tertiary alicyclic amines) is 1. The molecule has 2 heterocycles. The zero-order chi connectivity index (χ0) is 21.7. The Morgan fingerprint density at radius 2 is 1.77 bits per heavy atom. The van der Waals surface area contributed by atoms with Gasteiger partial charge in [0.25, 0.3) is 0 Å². The van der Waals surface area contributed by atoms with E-state index in [1.807, 2.05) is 24.3 Å². The molecule has 0 saturated carbocycles. The van der Waals surface area contributed by atoms with Crippen LogP contribution in [0.5, 0.6) is 0 Å². The first-order valence-electron chi connectivity index (χ1n) is 10.2. The summed E-state index contributed by atoms with van der Waals surface area (Å²) in [5.41, 5.74) is 1.87. The maximum atomic E-state index is 13.8. The summed E-state index contributed by atoms with van der Waals surface area (Å²) in [6, 6.07) is 8.93. The molecule has 5 rings (SSSR count). The third kappa shape index (κ3) is 3.28. The van der Waals surface area contributed by atoms with Gasteiger partial charge in [-0.3, -0.25) is 4.90 Å². The second-order valence-electron chi connectivity index (χ2n) is 8.05. The Morgan fingerprint density at radius 1 is 1.03 bits per heavy atom. The van der Waals surface area contributed by atoms with Crippen molar-refractivity contribution < 1.29 is 27.5 Å². The smallest absolute Gasteiger partial charge is 0.411 e. The van der Waals surface area contributed by atoms with Crippen LogP contribution in [0.2, 0.25) is 0 Å². The van der Waals surface area contributed by atoms with E-state index in [0.29, 0.717) is 32.4 Å². The van der Waals surface area contributed by atoms with Gasteiger partial charge in [-0.25, -0.2) is 22.8 Å². The molecule has 2 atom stereocenters. The predicted molar refractivity (Wildman–Crippen MR) is 105 cm³/mol. The van der Waals surface area contributed by atoms with Gasteiger partial charge in [0, 0.05) is 25.6 Å². The van der Waals surface area contributed by atoms with Crippen molar-refractivity contribution in [3.8, 4) is 0 Å². The number of benzene rings is 2. The third-order valence-electron chi connectivity index (χ3n) is 6.33. The van der Waals surface area contributed by atoms with Gasteiger partial charge in [0.1, 0.15) is 6.10 Å². The van der Waals surface area contributed by atoms with Crippen molar-refractivity contribution in [3.05, 3.63) is 65.0 Å². The van der Waals surface area contributed by atoms with E-state index < -0.39 is 29.2 Å². The van der Waals surface area contributed by atoms with Crippen LogP contribution >= 0.6 is 0 Å². The van der Waals surface area contributed by atoms with Gasteiger partial charge in [-0.05, 0) is 36.1 Å². The molecule has 0 radical (unpaired) electrons. The molecule has 0 bridgehead atoms. The van der Waals surface area contributed by atoms with Crippen molar-refractivity contribution in [1.29, 1.82) is 0 Å². The van der Waals surface area contributed by atoms with Crippen LogP contribution in [0.3, 0.4) is 0 Å². The van der Waals surface area contributed by atoms with E-state index in [1.165, 1.54) is 10.5 Å². The summed E-state index contributed by atoms with van der Waals surface area (Å²) in [5, 5.41) is 2.29. The van der Waals surface area contributed by atoms with Crippen molar-refractivity contribution >= 4 is 17.8 Å². The molecule has 2 aliphatic heterocycles. The second kappa shape index (κ2) is 7.47. The maximum Gasteiger partial charge on any atom is 0.411 e. The summed E-state index contributed by atoms with van der Waals surface area (Å²) in [6.07, 6.45) is 1.24. The quantitative estimate of drug-likeness (QED) is 0.725. The van der Waals surface area contributed by atoms with Crippen molar-refractivity contribution in [2.45, 2.75) is 37.5 Å². The van der Waals surface area contributed by atoms with Crippen LogP contribution in [-0.2, 0) is 11.2 Å². The number of nitrogens with one attached hydrogen (secondary N) is 1. The molecule has 1 N–H and O–H groups in total. The molecule has 2 fully saturated rings. The lowest BCUT2D eigenvalue weighted by atomic mass is 9.99. The Kier molecular flexibility index (Phi) is 4.75.